The van der Waals surface area contributed by atoms with Gasteiger partial charge >= 0.3 is 0 Å². The molecule has 0 amide bonds. The van der Waals surface area contributed by atoms with Crippen molar-refractivity contribution in [2.75, 3.05) is 0 Å². The summed E-state index contributed by atoms with van der Waals surface area (Å²) in [6.45, 7) is 9.94. The standard InChI is InChI=1S/C20H22F2S/c1-18(2,3)12-6-8-14-15-9-7-13(19(4,5)23)11-17(15)20(21,22)16(14)10-12/h6-11,23H,1-5H3. The van der Waals surface area contributed by atoms with E-state index in [-0.39, 0.29) is 16.5 Å². The minimum atomic E-state index is -2.96. The van der Waals surface area contributed by atoms with Gasteiger partial charge in [-0.1, -0.05) is 45.0 Å². The molecule has 0 bridgehead atoms. The zero-order valence-corrected chi connectivity index (χ0v) is 15.1. The smallest absolute Gasteiger partial charge is 0.196 e. The van der Waals surface area contributed by atoms with Crippen LogP contribution in [-0.4, -0.2) is 0 Å². The van der Waals surface area contributed by atoms with Gasteiger partial charge in [-0.2, -0.15) is 21.4 Å². The van der Waals surface area contributed by atoms with Crippen molar-refractivity contribution in [2.24, 2.45) is 0 Å². The van der Waals surface area contributed by atoms with E-state index in [1.54, 1.807) is 18.2 Å². The third-order valence-electron chi connectivity index (χ3n) is 4.58. The number of fused-ring (bicyclic) bond motifs is 3. The molecular formula is C20H22F2S. The molecule has 0 nitrogen and oxygen atoms in total. The van der Waals surface area contributed by atoms with Crippen molar-refractivity contribution in [1.29, 1.82) is 0 Å². The Balaban J connectivity index is 2.22. The third kappa shape index (κ3) is 2.59. The molecule has 0 spiro atoms. The predicted octanol–water partition coefficient (Wildman–Crippen LogP) is 6.27. The highest BCUT2D eigenvalue weighted by molar-refractivity contribution is 7.81. The van der Waals surface area contributed by atoms with E-state index in [2.05, 4.69) is 12.6 Å². The molecule has 1 aliphatic carbocycles. The second-order valence-electron chi connectivity index (χ2n) is 7.90. The lowest BCUT2D eigenvalue weighted by Crippen LogP contribution is -2.16. The zero-order chi connectivity index (χ0) is 17.2. The Morgan fingerprint density at radius 2 is 1.22 bits per heavy atom. The number of hydrogen-bond acceptors (Lipinski definition) is 1. The molecule has 2 aromatic carbocycles. The molecule has 0 unspecified atom stereocenters. The average molecular weight is 332 g/mol. The Kier molecular flexibility index (Phi) is 3.46. The molecule has 0 saturated carbocycles. The van der Waals surface area contributed by atoms with Crippen LogP contribution in [0.3, 0.4) is 0 Å². The van der Waals surface area contributed by atoms with Gasteiger partial charge in [0.25, 0.3) is 5.92 Å². The summed E-state index contributed by atoms with van der Waals surface area (Å²) in [7, 11) is 0. The molecular weight excluding hydrogens is 310 g/mol. The van der Waals surface area contributed by atoms with Crippen LogP contribution in [0.5, 0.6) is 0 Å². The van der Waals surface area contributed by atoms with E-state index in [0.29, 0.717) is 11.1 Å². The van der Waals surface area contributed by atoms with Gasteiger partial charge in [-0.3, -0.25) is 0 Å². The van der Waals surface area contributed by atoms with Crippen molar-refractivity contribution in [2.45, 2.75) is 50.7 Å². The van der Waals surface area contributed by atoms with Crippen LogP contribution >= 0.6 is 12.6 Å². The molecule has 0 N–H and O–H groups in total. The highest BCUT2D eigenvalue weighted by Gasteiger charge is 2.45. The lowest BCUT2D eigenvalue weighted by molar-refractivity contribution is 0.0478. The molecule has 0 heterocycles. The van der Waals surface area contributed by atoms with E-state index in [9.17, 15) is 0 Å². The van der Waals surface area contributed by atoms with Crippen LogP contribution in [0.15, 0.2) is 36.4 Å². The lowest BCUT2D eigenvalue weighted by Gasteiger charge is -2.22. The Labute approximate surface area is 142 Å². The van der Waals surface area contributed by atoms with E-state index in [1.165, 1.54) is 0 Å². The van der Waals surface area contributed by atoms with Crippen LogP contribution in [0.25, 0.3) is 11.1 Å². The first-order chi connectivity index (χ1) is 10.4. The molecule has 2 aromatic rings. The monoisotopic (exact) mass is 332 g/mol. The molecule has 0 atom stereocenters. The second-order valence-corrected chi connectivity index (χ2v) is 9.02. The summed E-state index contributed by atoms with van der Waals surface area (Å²) >= 11 is 4.51. The number of hydrogen-bond donors (Lipinski definition) is 1. The van der Waals surface area contributed by atoms with Crippen molar-refractivity contribution >= 4 is 12.6 Å². The van der Waals surface area contributed by atoms with Gasteiger partial charge in [0.05, 0.1) is 0 Å². The summed E-state index contributed by atoms with van der Waals surface area (Å²) in [4.78, 5) is 0. The van der Waals surface area contributed by atoms with E-state index in [1.807, 2.05) is 52.8 Å². The van der Waals surface area contributed by atoms with Gasteiger partial charge < -0.3 is 0 Å². The van der Waals surface area contributed by atoms with Gasteiger partial charge in [-0.15, -0.1) is 0 Å². The Morgan fingerprint density at radius 3 is 1.65 bits per heavy atom. The Hall–Kier alpha value is -1.35. The quantitative estimate of drug-likeness (QED) is 0.585. The molecule has 0 aliphatic heterocycles. The number of halogens is 2. The minimum Gasteiger partial charge on any atom is -0.196 e. The van der Waals surface area contributed by atoms with E-state index in [4.69, 9.17) is 0 Å². The van der Waals surface area contributed by atoms with Crippen LogP contribution < -0.4 is 0 Å². The number of thiol groups is 1. The second kappa shape index (κ2) is 4.83. The molecule has 3 rings (SSSR count). The first kappa shape index (κ1) is 16.5. The predicted molar refractivity (Wildman–Crippen MR) is 95.6 cm³/mol. The van der Waals surface area contributed by atoms with Crippen LogP contribution in [0.1, 0.15) is 56.9 Å². The fourth-order valence-electron chi connectivity index (χ4n) is 3.07. The summed E-state index contributed by atoms with van der Waals surface area (Å²) in [6.07, 6.45) is 0. The van der Waals surface area contributed by atoms with E-state index < -0.39 is 10.7 Å². The molecule has 23 heavy (non-hydrogen) atoms. The summed E-state index contributed by atoms with van der Waals surface area (Å²) in [5, 5.41) is 0. The number of alkyl halides is 2. The normalized spacial score (nSPS) is 16.2. The van der Waals surface area contributed by atoms with Gasteiger partial charge in [0, 0.05) is 15.9 Å². The first-order valence-corrected chi connectivity index (χ1v) is 8.27. The third-order valence-corrected chi connectivity index (χ3v) is 4.84. The molecule has 1 aliphatic rings. The summed E-state index contributed by atoms with van der Waals surface area (Å²) in [6, 6.07) is 10.8. The molecule has 0 radical (unpaired) electrons. The van der Waals surface area contributed by atoms with Crippen molar-refractivity contribution in [3.05, 3.63) is 58.7 Å². The largest absolute Gasteiger partial charge is 0.299 e. The van der Waals surface area contributed by atoms with Crippen molar-refractivity contribution < 1.29 is 8.78 Å². The Bertz CT molecular complexity index is 712. The lowest BCUT2D eigenvalue weighted by atomic mass is 9.85. The van der Waals surface area contributed by atoms with Crippen LogP contribution in [-0.2, 0) is 16.1 Å². The van der Waals surface area contributed by atoms with E-state index >= 15 is 8.78 Å². The van der Waals surface area contributed by atoms with Gasteiger partial charge in [0.2, 0.25) is 0 Å². The zero-order valence-electron chi connectivity index (χ0n) is 14.2. The fourth-order valence-corrected chi connectivity index (χ4v) is 3.21. The van der Waals surface area contributed by atoms with Crippen LogP contribution in [0.4, 0.5) is 8.78 Å². The Morgan fingerprint density at radius 1 is 0.783 bits per heavy atom. The van der Waals surface area contributed by atoms with Crippen molar-refractivity contribution in [3.63, 3.8) is 0 Å². The topological polar surface area (TPSA) is 0 Å². The first-order valence-electron chi connectivity index (χ1n) is 7.83. The molecule has 0 aromatic heterocycles. The molecule has 122 valence electrons. The van der Waals surface area contributed by atoms with Gasteiger partial charge in [-0.25, -0.2) is 0 Å². The molecule has 0 fully saturated rings. The highest BCUT2D eigenvalue weighted by Crippen LogP contribution is 2.52. The van der Waals surface area contributed by atoms with Gasteiger partial charge in [0.15, 0.2) is 0 Å². The maximum Gasteiger partial charge on any atom is 0.299 e. The van der Waals surface area contributed by atoms with Gasteiger partial charge in [-0.05, 0) is 53.6 Å². The molecule has 3 heteroatoms. The maximum absolute atomic E-state index is 15.0. The van der Waals surface area contributed by atoms with Gasteiger partial charge in [0.1, 0.15) is 0 Å². The van der Waals surface area contributed by atoms with E-state index in [0.717, 1.165) is 11.1 Å². The summed E-state index contributed by atoms with van der Waals surface area (Å²) in [5.41, 5.74) is 3.07. The van der Waals surface area contributed by atoms with Crippen LogP contribution in [0.2, 0.25) is 0 Å². The fraction of sp³-hybridized carbons (Fsp3) is 0.400. The summed E-state index contributed by atoms with van der Waals surface area (Å²) in [5.74, 6) is -2.96. The number of benzene rings is 2. The van der Waals surface area contributed by atoms with Crippen molar-refractivity contribution in [3.8, 4) is 11.1 Å². The van der Waals surface area contributed by atoms with Crippen LogP contribution in [0, 0.1) is 0 Å². The summed E-state index contributed by atoms with van der Waals surface area (Å²) < 4.78 is 29.6. The minimum absolute atomic E-state index is 0.0955. The highest BCUT2D eigenvalue weighted by atomic mass is 32.1. The molecule has 0 saturated heterocycles. The average Bonchev–Trinajstić information content (AvgIpc) is 2.65. The maximum atomic E-state index is 15.0. The van der Waals surface area contributed by atoms with Crippen molar-refractivity contribution in [1.82, 2.24) is 0 Å². The SMILES string of the molecule is CC(C)(C)c1ccc2c(c1)C(F)(F)c1cc(C(C)(C)S)ccc1-2. The number of rotatable bonds is 1.